The molecule has 1 N–H and O–H groups in total. The van der Waals surface area contributed by atoms with E-state index in [4.69, 9.17) is 0 Å². The Kier molecular flexibility index (Phi) is 6.37. The highest BCUT2D eigenvalue weighted by atomic mass is 15.1. The number of nitrogens with zero attached hydrogens (tertiary/aromatic N) is 1. The van der Waals surface area contributed by atoms with Gasteiger partial charge in [0.05, 0.1) is 0 Å². The Labute approximate surface area is 102 Å². The Hall–Kier alpha value is -0.0800. The molecule has 0 spiro atoms. The average Bonchev–Trinajstić information content (AvgIpc) is 2.79. The van der Waals surface area contributed by atoms with Gasteiger partial charge in [-0.05, 0) is 45.7 Å². The molecule has 0 aromatic carbocycles. The Bertz CT molecular complexity index is 172. The monoisotopic (exact) mass is 226 g/mol. The van der Waals surface area contributed by atoms with Crippen LogP contribution in [-0.2, 0) is 0 Å². The topological polar surface area (TPSA) is 15.3 Å². The molecule has 0 radical (unpaired) electrons. The lowest BCUT2D eigenvalue weighted by molar-refractivity contribution is 0.248. The summed E-state index contributed by atoms with van der Waals surface area (Å²) in [5, 5.41) is 3.78. The molecule has 1 saturated carbocycles. The molecule has 2 nitrogen and oxygen atoms in total. The van der Waals surface area contributed by atoms with Crippen LogP contribution in [0.3, 0.4) is 0 Å². The van der Waals surface area contributed by atoms with Gasteiger partial charge in [0.15, 0.2) is 0 Å². The maximum absolute atomic E-state index is 3.78. The zero-order valence-corrected chi connectivity index (χ0v) is 11.6. The van der Waals surface area contributed by atoms with Crippen LogP contribution in [0.15, 0.2) is 0 Å². The molecule has 0 aromatic rings. The molecule has 2 atom stereocenters. The SMILES string of the molecule is CCN(CC)CC(C)NC(C)C1CCCC1. The van der Waals surface area contributed by atoms with Crippen molar-refractivity contribution >= 4 is 0 Å². The fourth-order valence-corrected chi connectivity index (χ4v) is 2.96. The van der Waals surface area contributed by atoms with Gasteiger partial charge in [-0.25, -0.2) is 0 Å². The van der Waals surface area contributed by atoms with Crippen molar-refractivity contribution in [1.82, 2.24) is 10.2 Å². The Morgan fingerprint density at radius 3 is 2.19 bits per heavy atom. The molecule has 0 heterocycles. The van der Waals surface area contributed by atoms with E-state index in [1.165, 1.54) is 45.3 Å². The quantitative estimate of drug-likeness (QED) is 0.718. The van der Waals surface area contributed by atoms with Crippen LogP contribution in [0.2, 0.25) is 0 Å². The largest absolute Gasteiger partial charge is 0.310 e. The van der Waals surface area contributed by atoms with Crippen molar-refractivity contribution in [2.75, 3.05) is 19.6 Å². The van der Waals surface area contributed by atoms with E-state index in [2.05, 4.69) is 37.9 Å². The summed E-state index contributed by atoms with van der Waals surface area (Å²) in [5.41, 5.74) is 0. The second-order valence-corrected chi connectivity index (χ2v) is 5.39. The maximum atomic E-state index is 3.78. The lowest BCUT2D eigenvalue weighted by atomic mass is 9.99. The fraction of sp³-hybridized carbons (Fsp3) is 1.00. The smallest absolute Gasteiger partial charge is 0.0169 e. The third-order valence-electron chi connectivity index (χ3n) is 4.08. The van der Waals surface area contributed by atoms with Crippen molar-refractivity contribution in [2.45, 2.75) is 65.5 Å². The van der Waals surface area contributed by atoms with Crippen LogP contribution < -0.4 is 5.32 Å². The normalized spacial score (nSPS) is 21.6. The molecule has 0 saturated heterocycles. The van der Waals surface area contributed by atoms with Crippen LogP contribution in [0.25, 0.3) is 0 Å². The third-order valence-corrected chi connectivity index (χ3v) is 4.08. The minimum Gasteiger partial charge on any atom is -0.310 e. The highest BCUT2D eigenvalue weighted by molar-refractivity contribution is 4.80. The third kappa shape index (κ3) is 4.42. The predicted octanol–water partition coefficient (Wildman–Crippen LogP) is 2.89. The van der Waals surface area contributed by atoms with Gasteiger partial charge in [0.2, 0.25) is 0 Å². The van der Waals surface area contributed by atoms with Crippen molar-refractivity contribution in [3.8, 4) is 0 Å². The van der Waals surface area contributed by atoms with Crippen LogP contribution in [0.1, 0.15) is 53.4 Å². The molecular formula is C14H30N2. The number of nitrogens with one attached hydrogen (secondary N) is 1. The van der Waals surface area contributed by atoms with Crippen LogP contribution >= 0.6 is 0 Å². The number of likely N-dealkylation sites (N-methyl/N-ethyl adjacent to an activating group) is 1. The van der Waals surface area contributed by atoms with Crippen LogP contribution in [0.5, 0.6) is 0 Å². The van der Waals surface area contributed by atoms with Crippen molar-refractivity contribution in [1.29, 1.82) is 0 Å². The molecule has 1 rings (SSSR count). The van der Waals surface area contributed by atoms with E-state index < -0.39 is 0 Å². The second kappa shape index (κ2) is 7.29. The summed E-state index contributed by atoms with van der Waals surface area (Å²) in [6, 6.07) is 1.32. The number of rotatable bonds is 7. The maximum Gasteiger partial charge on any atom is 0.0169 e. The summed E-state index contributed by atoms with van der Waals surface area (Å²) in [6.45, 7) is 12.7. The van der Waals surface area contributed by atoms with Crippen LogP contribution in [0.4, 0.5) is 0 Å². The van der Waals surface area contributed by atoms with Gasteiger partial charge in [-0.15, -0.1) is 0 Å². The lowest BCUT2D eigenvalue weighted by Crippen LogP contribution is -2.45. The Balaban J connectivity index is 2.23. The molecule has 0 bridgehead atoms. The van der Waals surface area contributed by atoms with Crippen LogP contribution in [0, 0.1) is 5.92 Å². The van der Waals surface area contributed by atoms with E-state index in [9.17, 15) is 0 Å². The average molecular weight is 226 g/mol. The minimum absolute atomic E-state index is 0.621. The molecule has 0 aliphatic heterocycles. The summed E-state index contributed by atoms with van der Waals surface area (Å²) in [4.78, 5) is 2.50. The minimum atomic E-state index is 0.621. The van der Waals surface area contributed by atoms with E-state index in [1.807, 2.05) is 0 Å². The first-order valence-electron chi connectivity index (χ1n) is 7.15. The van der Waals surface area contributed by atoms with E-state index in [-0.39, 0.29) is 0 Å². The molecule has 0 aromatic heterocycles. The molecule has 96 valence electrons. The predicted molar refractivity (Wildman–Crippen MR) is 71.8 cm³/mol. The van der Waals surface area contributed by atoms with E-state index >= 15 is 0 Å². The first-order chi connectivity index (χ1) is 7.67. The van der Waals surface area contributed by atoms with E-state index in [1.54, 1.807) is 0 Å². The summed E-state index contributed by atoms with van der Waals surface area (Å²) in [6.07, 6.45) is 5.76. The number of hydrogen-bond donors (Lipinski definition) is 1. The fourth-order valence-electron chi connectivity index (χ4n) is 2.96. The van der Waals surface area contributed by atoms with Gasteiger partial charge in [-0.1, -0.05) is 26.7 Å². The van der Waals surface area contributed by atoms with Crippen molar-refractivity contribution in [3.05, 3.63) is 0 Å². The molecule has 0 amide bonds. The van der Waals surface area contributed by atoms with Crippen molar-refractivity contribution < 1.29 is 0 Å². The first kappa shape index (κ1) is 14.0. The molecule has 2 heteroatoms. The number of hydrogen-bond acceptors (Lipinski definition) is 2. The van der Waals surface area contributed by atoms with Gasteiger partial charge >= 0.3 is 0 Å². The summed E-state index contributed by atoms with van der Waals surface area (Å²) < 4.78 is 0. The van der Waals surface area contributed by atoms with Crippen molar-refractivity contribution in [2.24, 2.45) is 5.92 Å². The molecule has 1 aliphatic rings. The molecular weight excluding hydrogens is 196 g/mol. The van der Waals surface area contributed by atoms with Crippen molar-refractivity contribution in [3.63, 3.8) is 0 Å². The van der Waals surface area contributed by atoms with E-state index in [0.717, 1.165) is 5.92 Å². The molecule has 1 aliphatic carbocycles. The molecule has 2 unspecified atom stereocenters. The second-order valence-electron chi connectivity index (χ2n) is 5.39. The van der Waals surface area contributed by atoms with Gasteiger partial charge in [0, 0.05) is 18.6 Å². The molecule has 1 fully saturated rings. The van der Waals surface area contributed by atoms with Gasteiger partial charge in [0.1, 0.15) is 0 Å². The highest BCUT2D eigenvalue weighted by Crippen LogP contribution is 2.27. The van der Waals surface area contributed by atoms with E-state index in [0.29, 0.717) is 12.1 Å². The highest BCUT2D eigenvalue weighted by Gasteiger charge is 2.22. The Morgan fingerprint density at radius 2 is 1.69 bits per heavy atom. The Morgan fingerprint density at radius 1 is 1.12 bits per heavy atom. The molecule has 16 heavy (non-hydrogen) atoms. The van der Waals surface area contributed by atoms with Gasteiger partial charge in [0.25, 0.3) is 0 Å². The summed E-state index contributed by atoms with van der Waals surface area (Å²) in [5.74, 6) is 0.930. The van der Waals surface area contributed by atoms with Gasteiger partial charge < -0.3 is 10.2 Å². The van der Waals surface area contributed by atoms with Gasteiger partial charge in [-0.2, -0.15) is 0 Å². The van der Waals surface area contributed by atoms with Crippen LogP contribution in [-0.4, -0.2) is 36.6 Å². The lowest BCUT2D eigenvalue weighted by Gasteiger charge is -2.28. The summed E-state index contributed by atoms with van der Waals surface area (Å²) >= 11 is 0. The zero-order chi connectivity index (χ0) is 12.0. The van der Waals surface area contributed by atoms with Gasteiger partial charge in [-0.3, -0.25) is 0 Å². The standard InChI is InChI=1S/C14H30N2/c1-5-16(6-2)11-12(3)15-13(4)14-9-7-8-10-14/h12-15H,5-11H2,1-4H3. The first-order valence-corrected chi connectivity index (χ1v) is 7.15. The summed E-state index contributed by atoms with van der Waals surface area (Å²) in [7, 11) is 0. The zero-order valence-electron chi connectivity index (χ0n) is 11.6.